The number of hydrogen-bond acceptors (Lipinski definition) is 1. The van der Waals surface area contributed by atoms with Gasteiger partial charge in [-0.3, -0.25) is 0 Å². The van der Waals surface area contributed by atoms with Crippen LogP contribution in [0.25, 0.3) is 21.9 Å². The largest absolute Gasteiger partial charge is 0.346 e. The van der Waals surface area contributed by atoms with Crippen molar-refractivity contribution in [1.29, 1.82) is 0 Å². The summed E-state index contributed by atoms with van der Waals surface area (Å²) in [5.41, 5.74) is 7.17. The first kappa shape index (κ1) is 13.1. The van der Waals surface area contributed by atoms with Crippen LogP contribution in [0.1, 0.15) is 22.4 Å². The standard InChI is InChI=1S/C19H19N3/c1-12-4-6-16-14(3)10-22(18(16)8-12)11-15-5-7-17-13(2)9-20-19(17)21-15/h4-10H,11H2,1-3H3,(H,20,21). The first-order valence-electron chi connectivity index (χ1n) is 7.61. The van der Waals surface area contributed by atoms with Crippen LogP contribution in [0.2, 0.25) is 0 Å². The van der Waals surface area contributed by atoms with Gasteiger partial charge in [0.05, 0.1) is 12.2 Å². The van der Waals surface area contributed by atoms with Crippen LogP contribution in [0.5, 0.6) is 0 Å². The summed E-state index contributed by atoms with van der Waals surface area (Å²) in [6, 6.07) is 10.9. The van der Waals surface area contributed by atoms with Gasteiger partial charge in [-0.1, -0.05) is 12.1 Å². The SMILES string of the molecule is Cc1ccc2c(C)cn(Cc3ccc4c(C)c[nH]c4n3)c2c1. The molecule has 1 aromatic carbocycles. The number of nitrogens with one attached hydrogen (secondary N) is 1. The molecule has 0 atom stereocenters. The summed E-state index contributed by atoms with van der Waals surface area (Å²) >= 11 is 0. The van der Waals surface area contributed by atoms with Crippen molar-refractivity contribution in [2.45, 2.75) is 27.3 Å². The topological polar surface area (TPSA) is 33.6 Å². The molecule has 22 heavy (non-hydrogen) atoms. The van der Waals surface area contributed by atoms with Gasteiger partial charge in [-0.05, 0) is 55.7 Å². The lowest BCUT2D eigenvalue weighted by atomic mass is 10.1. The van der Waals surface area contributed by atoms with Crippen LogP contribution in [0.4, 0.5) is 0 Å². The number of aromatic amines is 1. The molecule has 3 heterocycles. The predicted octanol–water partition coefficient (Wildman–Crippen LogP) is 4.49. The third-order valence-electron chi connectivity index (χ3n) is 4.37. The van der Waals surface area contributed by atoms with Gasteiger partial charge in [0, 0.05) is 28.7 Å². The molecule has 0 unspecified atom stereocenters. The molecule has 1 N–H and O–H groups in total. The molecule has 110 valence electrons. The van der Waals surface area contributed by atoms with Crippen molar-refractivity contribution in [2.24, 2.45) is 0 Å². The van der Waals surface area contributed by atoms with Gasteiger partial charge in [-0.2, -0.15) is 0 Å². The lowest BCUT2D eigenvalue weighted by Crippen LogP contribution is -2.00. The maximum atomic E-state index is 4.75. The lowest BCUT2D eigenvalue weighted by molar-refractivity contribution is 0.809. The number of nitrogens with zero attached hydrogens (tertiary/aromatic N) is 2. The Labute approximate surface area is 129 Å². The molecule has 4 aromatic rings. The number of fused-ring (bicyclic) bond motifs is 2. The molecule has 3 heteroatoms. The quantitative estimate of drug-likeness (QED) is 0.579. The number of aryl methyl sites for hydroxylation is 3. The normalized spacial score (nSPS) is 11.6. The summed E-state index contributed by atoms with van der Waals surface area (Å²) in [5, 5.41) is 2.52. The van der Waals surface area contributed by atoms with Crippen molar-refractivity contribution < 1.29 is 0 Å². The fourth-order valence-electron chi connectivity index (χ4n) is 3.16. The van der Waals surface area contributed by atoms with E-state index in [-0.39, 0.29) is 0 Å². The molecule has 3 aromatic heterocycles. The maximum Gasteiger partial charge on any atom is 0.137 e. The Morgan fingerprint density at radius 2 is 1.82 bits per heavy atom. The molecule has 4 rings (SSSR count). The number of pyridine rings is 1. The molecule has 0 spiro atoms. The molecule has 0 radical (unpaired) electrons. The minimum atomic E-state index is 0.793. The highest BCUT2D eigenvalue weighted by Gasteiger charge is 2.08. The smallest absolute Gasteiger partial charge is 0.137 e. The van der Waals surface area contributed by atoms with E-state index < -0.39 is 0 Å². The molecule has 3 nitrogen and oxygen atoms in total. The van der Waals surface area contributed by atoms with Crippen molar-refractivity contribution in [2.75, 3.05) is 0 Å². The summed E-state index contributed by atoms with van der Waals surface area (Å²) < 4.78 is 2.29. The van der Waals surface area contributed by atoms with Gasteiger partial charge >= 0.3 is 0 Å². The third kappa shape index (κ3) is 2.01. The van der Waals surface area contributed by atoms with Crippen molar-refractivity contribution in [3.8, 4) is 0 Å². The second kappa shape index (κ2) is 4.73. The number of rotatable bonds is 2. The lowest BCUT2D eigenvalue weighted by Gasteiger charge is -2.06. The van der Waals surface area contributed by atoms with Crippen LogP contribution in [0, 0.1) is 20.8 Å². The van der Waals surface area contributed by atoms with Crippen LogP contribution in [0.3, 0.4) is 0 Å². The zero-order chi connectivity index (χ0) is 15.3. The highest BCUT2D eigenvalue weighted by atomic mass is 15.0. The first-order valence-corrected chi connectivity index (χ1v) is 7.61. The van der Waals surface area contributed by atoms with Gasteiger partial charge in [0.1, 0.15) is 5.65 Å². The predicted molar refractivity (Wildman–Crippen MR) is 91.3 cm³/mol. The number of hydrogen-bond donors (Lipinski definition) is 1. The Balaban J connectivity index is 1.80. The van der Waals surface area contributed by atoms with Gasteiger partial charge in [0.15, 0.2) is 0 Å². The molecule has 0 saturated heterocycles. The summed E-state index contributed by atoms with van der Waals surface area (Å²) in [6.45, 7) is 7.20. The zero-order valence-electron chi connectivity index (χ0n) is 13.1. The zero-order valence-corrected chi connectivity index (χ0v) is 13.1. The first-order chi connectivity index (χ1) is 10.6. The van der Waals surface area contributed by atoms with E-state index in [1.165, 1.54) is 33.0 Å². The summed E-state index contributed by atoms with van der Waals surface area (Å²) in [4.78, 5) is 8.00. The van der Waals surface area contributed by atoms with E-state index in [0.29, 0.717) is 0 Å². The monoisotopic (exact) mass is 289 g/mol. The maximum absolute atomic E-state index is 4.75. The molecule has 0 aliphatic heterocycles. The van der Waals surface area contributed by atoms with Crippen LogP contribution in [-0.2, 0) is 6.54 Å². The van der Waals surface area contributed by atoms with Crippen LogP contribution in [-0.4, -0.2) is 14.5 Å². The Kier molecular flexibility index (Phi) is 2.83. The Bertz CT molecular complexity index is 989. The van der Waals surface area contributed by atoms with Crippen LogP contribution >= 0.6 is 0 Å². The average Bonchev–Trinajstić information content (AvgIpc) is 3.01. The average molecular weight is 289 g/mol. The second-order valence-corrected chi connectivity index (χ2v) is 6.13. The number of aromatic nitrogens is 3. The number of benzene rings is 1. The molecule has 0 fully saturated rings. The highest BCUT2D eigenvalue weighted by Crippen LogP contribution is 2.23. The van der Waals surface area contributed by atoms with Crippen LogP contribution in [0.15, 0.2) is 42.7 Å². The van der Waals surface area contributed by atoms with Crippen molar-refractivity contribution in [1.82, 2.24) is 14.5 Å². The minimum absolute atomic E-state index is 0.793. The van der Waals surface area contributed by atoms with E-state index >= 15 is 0 Å². The van der Waals surface area contributed by atoms with E-state index in [1.54, 1.807) is 0 Å². The third-order valence-corrected chi connectivity index (χ3v) is 4.37. The second-order valence-electron chi connectivity index (χ2n) is 6.13. The van der Waals surface area contributed by atoms with E-state index in [1.807, 2.05) is 6.20 Å². The van der Waals surface area contributed by atoms with Gasteiger partial charge in [0.2, 0.25) is 0 Å². The molecular weight excluding hydrogens is 270 g/mol. The molecule has 0 saturated carbocycles. The Hall–Kier alpha value is -2.55. The van der Waals surface area contributed by atoms with Gasteiger partial charge in [-0.15, -0.1) is 0 Å². The van der Waals surface area contributed by atoms with E-state index in [2.05, 4.69) is 66.9 Å². The molecule has 0 aliphatic rings. The summed E-state index contributed by atoms with van der Waals surface area (Å²) in [7, 11) is 0. The van der Waals surface area contributed by atoms with Gasteiger partial charge < -0.3 is 9.55 Å². The Morgan fingerprint density at radius 1 is 1.00 bits per heavy atom. The van der Waals surface area contributed by atoms with E-state index in [0.717, 1.165) is 17.9 Å². The van der Waals surface area contributed by atoms with Gasteiger partial charge in [-0.25, -0.2) is 4.98 Å². The Morgan fingerprint density at radius 3 is 2.68 bits per heavy atom. The van der Waals surface area contributed by atoms with Crippen molar-refractivity contribution in [3.05, 3.63) is 65.1 Å². The van der Waals surface area contributed by atoms with Crippen LogP contribution < -0.4 is 0 Å². The van der Waals surface area contributed by atoms with E-state index in [4.69, 9.17) is 4.98 Å². The van der Waals surface area contributed by atoms with Gasteiger partial charge in [0.25, 0.3) is 0 Å². The summed E-state index contributed by atoms with van der Waals surface area (Å²) in [5.74, 6) is 0. The van der Waals surface area contributed by atoms with E-state index in [9.17, 15) is 0 Å². The number of H-pyrrole nitrogens is 1. The molecule has 0 bridgehead atoms. The van der Waals surface area contributed by atoms with Crippen molar-refractivity contribution >= 4 is 21.9 Å². The highest BCUT2D eigenvalue weighted by molar-refractivity contribution is 5.84. The molecule has 0 aliphatic carbocycles. The molecular formula is C19H19N3. The fourth-order valence-corrected chi connectivity index (χ4v) is 3.16. The summed E-state index contributed by atoms with van der Waals surface area (Å²) in [6.07, 6.45) is 4.23. The molecule has 0 amide bonds. The fraction of sp³-hybridized carbons (Fsp3) is 0.211. The van der Waals surface area contributed by atoms with Crippen molar-refractivity contribution in [3.63, 3.8) is 0 Å². The minimum Gasteiger partial charge on any atom is -0.346 e.